The summed E-state index contributed by atoms with van der Waals surface area (Å²) >= 11 is 3.34. The minimum Gasteiger partial charge on any atom is -0.434 e. The fourth-order valence-corrected chi connectivity index (χ4v) is 1.84. The fraction of sp³-hybridized carbons (Fsp3) is 0.133. The van der Waals surface area contributed by atoms with Crippen LogP contribution in [0.5, 0.6) is 5.75 Å². The van der Waals surface area contributed by atoms with E-state index in [-0.39, 0.29) is 5.75 Å². The summed E-state index contributed by atoms with van der Waals surface area (Å²) in [7, 11) is 0. The van der Waals surface area contributed by atoms with Crippen LogP contribution in [0.4, 0.5) is 8.78 Å². The molecule has 0 radical (unpaired) electrons. The first-order valence-electron chi connectivity index (χ1n) is 6.09. The lowest BCUT2D eigenvalue weighted by Crippen LogP contribution is -2.04. The van der Waals surface area contributed by atoms with Crippen molar-refractivity contribution >= 4 is 22.1 Å². The summed E-state index contributed by atoms with van der Waals surface area (Å²) in [4.78, 5) is 5.13. The van der Waals surface area contributed by atoms with E-state index in [1.165, 1.54) is 12.3 Å². The number of hydrogen-bond donors (Lipinski definition) is 0. The predicted molar refractivity (Wildman–Crippen MR) is 79.6 cm³/mol. The van der Waals surface area contributed by atoms with Crippen molar-refractivity contribution in [2.24, 2.45) is 5.16 Å². The monoisotopic (exact) mass is 355 g/mol. The average Bonchev–Trinajstić information content (AvgIpc) is 2.46. The number of alkyl halides is 2. The van der Waals surface area contributed by atoms with Crippen LogP contribution in [0, 0.1) is 0 Å². The van der Waals surface area contributed by atoms with Gasteiger partial charge in [0.25, 0.3) is 0 Å². The van der Waals surface area contributed by atoms with E-state index in [4.69, 9.17) is 4.84 Å². The second kappa shape index (κ2) is 7.73. The predicted octanol–water partition coefficient (Wildman–Crippen LogP) is 4.60. The lowest BCUT2D eigenvalue weighted by molar-refractivity contribution is -0.0499. The minimum atomic E-state index is -2.87. The Morgan fingerprint density at radius 1 is 1.10 bits per heavy atom. The van der Waals surface area contributed by atoms with Crippen LogP contribution in [0.1, 0.15) is 11.1 Å². The van der Waals surface area contributed by atoms with Crippen LogP contribution >= 0.6 is 15.9 Å². The molecule has 0 aliphatic rings. The molecule has 0 N–H and O–H groups in total. The van der Waals surface area contributed by atoms with Crippen molar-refractivity contribution in [3.8, 4) is 5.75 Å². The molecular weight excluding hydrogens is 344 g/mol. The van der Waals surface area contributed by atoms with E-state index < -0.39 is 6.61 Å². The summed E-state index contributed by atoms with van der Waals surface area (Å²) in [6, 6.07) is 14.0. The zero-order valence-electron chi connectivity index (χ0n) is 10.9. The molecule has 3 nitrogen and oxygen atoms in total. The normalized spacial score (nSPS) is 11.0. The van der Waals surface area contributed by atoms with Crippen LogP contribution < -0.4 is 4.74 Å². The number of hydrogen-bond acceptors (Lipinski definition) is 3. The summed E-state index contributed by atoms with van der Waals surface area (Å²) in [6.45, 7) is -2.58. The molecule has 2 aromatic carbocycles. The van der Waals surface area contributed by atoms with Crippen LogP contribution in [0.2, 0.25) is 0 Å². The van der Waals surface area contributed by atoms with E-state index in [9.17, 15) is 8.78 Å². The van der Waals surface area contributed by atoms with Crippen LogP contribution in [0.25, 0.3) is 0 Å². The number of halogens is 3. The molecule has 0 heterocycles. The van der Waals surface area contributed by atoms with Gasteiger partial charge in [-0.1, -0.05) is 45.4 Å². The van der Waals surface area contributed by atoms with Gasteiger partial charge in [-0.2, -0.15) is 8.78 Å². The first-order chi connectivity index (χ1) is 10.1. The molecule has 2 rings (SSSR count). The zero-order chi connectivity index (χ0) is 15.1. The lowest BCUT2D eigenvalue weighted by atomic mass is 10.2. The Hall–Kier alpha value is -1.95. The number of oxime groups is 1. The Balaban J connectivity index is 1.93. The third-order valence-corrected chi connectivity index (χ3v) is 3.07. The number of ether oxygens (including phenoxy) is 1. The Bertz CT molecular complexity index is 603. The molecule has 0 aliphatic heterocycles. The van der Waals surface area contributed by atoms with Gasteiger partial charge in [0, 0.05) is 10.0 Å². The van der Waals surface area contributed by atoms with E-state index in [1.807, 2.05) is 24.3 Å². The van der Waals surface area contributed by atoms with Gasteiger partial charge < -0.3 is 9.57 Å². The van der Waals surface area contributed by atoms with Crippen molar-refractivity contribution in [3.05, 3.63) is 64.1 Å². The maximum Gasteiger partial charge on any atom is 0.387 e. The largest absolute Gasteiger partial charge is 0.434 e. The van der Waals surface area contributed by atoms with E-state index >= 15 is 0 Å². The van der Waals surface area contributed by atoms with Gasteiger partial charge in [0.15, 0.2) is 0 Å². The van der Waals surface area contributed by atoms with Gasteiger partial charge >= 0.3 is 6.61 Å². The third kappa shape index (κ3) is 5.15. The molecule has 110 valence electrons. The first kappa shape index (κ1) is 15.4. The first-order valence-corrected chi connectivity index (χ1v) is 6.88. The van der Waals surface area contributed by atoms with E-state index in [2.05, 4.69) is 25.8 Å². The molecular formula is C15H12BrF2NO2. The van der Waals surface area contributed by atoms with Crippen molar-refractivity contribution in [1.82, 2.24) is 0 Å². The van der Waals surface area contributed by atoms with Gasteiger partial charge in [0.05, 0.1) is 6.21 Å². The second-order valence-corrected chi connectivity index (χ2v) is 4.97. The molecule has 0 aromatic heterocycles. The molecule has 6 heteroatoms. The van der Waals surface area contributed by atoms with Gasteiger partial charge in [0.1, 0.15) is 12.4 Å². The fourth-order valence-electron chi connectivity index (χ4n) is 1.58. The van der Waals surface area contributed by atoms with Crippen molar-refractivity contribution in [3.63, 3.8) is 0 Å². The summed E-state index contributed by atoms with van der Waals surface area (Å²) in [6.07, 6.45) is 1.34. The molecule has 0 aliphatic carbocycles. The molecule has 21 heavy (non-hydrogen) atoms. The SMILES string of the molecule is FC(F)Oc1ccccc1/C=N/OCc1ccc(Br)cc1. The Kier molecular flexibility index (Phi) is 5.68. The smallest absolute Gasteiger partial charge is 0.387 e. The molecule has 0 bridgehead atoms. The molecule has 0 spiro atoms. The summed E-state index contributed by atoms with van der Waals surface area (Å²) in [5, 5.41) is 3.77. The quantitative estimate of drug-likeness (QED) is 0.559. The second-order valence-electron chi connectivity index (χ2n) is 4.05. The number of para-hydroxylation sites is 1. The van der Waals surface area contributed by atoms with Crippen molar-refractivity contribution in [1.29, 1.82) is 0 Å². The lowest BCUT2D eigenvalue weighted by Gasteiger charge is -2.06. The highest BCUT2D eigenvalue weighted by Crippen LogP contribution is 2.18. The average molecular weight is 356 g/mol. The minimum absolute atomic E-state index is 0.0588. The third-order valence-electron chi connectivity index (χ3n) is 2.55. The highest BCUT2D eigenvalue weighted by Gasteiger charge is 2.07. The maximum absolute atomic E-state index is 12.2. The van der Waals surface area contributed by atoms with Gasteiger partial charge in [-0.3, -0.25) is 0 Å². The van der Waals surface area contributed by atoms with Gasteiger partial charge in [-0.05, 0) is 29.8 Å². The summed E-state index contributed by atoms with van der Waals surface area (Å²) in [5.41, 5.74) is 1.38. The zero-order valence-corrected chi connectivity index (χ0v) is 12.5. The Morgan fingerprint density at radius 2 is 1.81 bits per heavy atom. The topological polar surface area (TPSA) is 30.8 Å². The van der Waals surface area contributed by atoms with Gasteiger partial charge in [-0.25, -0.2) is 0 Å². The Morgan fingerprint density at radius 3 is 2.52 bits per heavy atom. The number of benzene rings is 2. The van der Waals surface area contributed by atoms with Crippen LogP contribution in [0.3, 0.4) is 0 Å². The summed E-state index contributed by atoms with van der Waals surface area (Å²) in [5.74, 6) is 0.0588. The number of rotatable bonds is 6. The number of nitrogens with zero attached hydrogens (tertiary/aromatic N) is 1. The molecule has 0 amide bonds. The van der Waals surface area contributed by atoms with Crippen molar-refractivity contribution < 1.29 is 18.4 Å². The maximum atomic E-state index is 12.2. The van der Waals surface area contributed by atoms with Gasteiger partial charge in [-0.15, -0.1) is 0 Å². The summed E-state index contributed by atoms with van der Waals surface area (Å²) < 4.78 is 29.8. The Labute approximate surface area is 129 Å². The molecule has 0 saturated heterocycles. The molecule has 0 saturated carbocycles. The van der Waals surface area contributed by atoms with Crippen molar-refractivity contribution in [2.45, 2.75) is 13.2 Å². The molecule has 2 aromatic rings. The van der Waals surface area contributed by atoms with Crippen molar-refractivity contribution in [2.75, 3.05) is 0 Å². The highest BCUT2D eigenvalue weighted by molar-refractivity contribution is 9.10. The molecule has 0 fully saturated rings. The highest BCUT2D eigenvalue weighted by atomic mass is 79.9. The standard InChI is InChI=1S/C15H12BrF2NO2/c16-13-7-5-11(6-8-13)10-20-19-9-12-3-1-2-4-14(12)21-15(17)18/h1-9,15H,10H2/b19-9+. The van der Waals surface area contributed by atoms with Crippen LogP contribution in [-0.4, -0.2) is 12.8 Å². The van der Waals surface area contributed by atoms with E-state index in [0.717, 1.165) is 10.0 Å². The molecule has 0 atom stereocenters. The van der Waals surface area contributed by atoms with E-state index in [0.29, 0.717) is 12.2 Å². The van der Waals surface area contributed by atoms with Gasteiger partial charge in [0.2, 0.25) is 0 Å². The van der Waals surface area contributed by atoms with E-state index in [1.54, 1.807) is 18.2 Å². The van der Waals surface area contributed by atoms with Crippen LogP contribution in [-0.2, 0) is 11.4 Å². The van der Waals surface area contributed by atoms with Crippen LogP contribution in [0.15, 0.2) is 58.2 Å². The molecule has 0 unspecified atom stereocenters.